The lowest BCUT2D eigenvalue weighted by atomic mass is 9.99. The first-order chi connectivity index (χ1) is 13.5. The van der Waals surface area contributed by atoms with Gasteiger partial charge in [-0.1, -0.05) is 29.8 Å². The van der Waals surface area contributed by atoms with Gasteiger partial charge in [0.05, 0.1) is 24.1 Å². The predicted octanol–water partition coefficient (Wildman–Crippen LogP) is 2.43. The Hall–Kier alpha value is -2.77. The molecule has 8 heteroatoms. The average Bonchev–Trinajstić information content (AvgIpc) is 3.20. The number of furan rings is 1. The molecule has 1 aromatic heterocycles. The number of nitrogens with one attached hydrogen (secondary N) is 2. The van der Waals surface area contributed by atoms with Crippen LogP contribution in [0.4, 0.5) is 4.79 Å². The summed E-state index contributed by atoms with van der Waals surface area (Å²) in [5, 5.41) is 8.15. The van der Waals surface area contributed by atoms with Crippen LogP contribution in [0, 0.1) is 0 Å². The SMILES string of the molecule is CCOC(=O)C1=C(C[NH2+][C@@H](C)c2ccccc2Cl)NC(=O)N[C@@H]1c1ccco1. The molecule has 2 amide bonds. The third-order valence-electron chi connectivity index (χ3n) is 4.55. The predicted molar refractivity (Wildman–Crippen MR) is 103 cm³/mol. The van der Waals surface area contributed by atoms with Gasteiger partial charge >= 0.3 is 12.0 Å². The van der Waals surface area contributed by atoms with E-state index < -0.39 is 18.0 Å². The summed E-state index contributed by atoms with van der Waals surface area (Å²) >= 11 is 6.28. The van der Waals surface area contributed by atoms with Crippen LogP contribution in [-0.4, -0.2) is 25.2 Å². The number of quaternary nitrogens is 1. The molecule has 2 heterocycles. The van der Waals surface area contributed by atoms with E-state index in [1.807, 2.05) is 36.5 Å². The number of esters is 1. The zero-order valence-electron chi connectivity index (χ0n) is 15.7. The van der Waals surface area contributed by atoms with E-state index in [4.69, 9.17) is 20.8 Å². The second-order valence-electron chi connectivity index (χ2n) is 6.41. The lowest BCUT2D eigenvalue weighted by Gasteiger charge is -2.27. The molecular weight excluding hydrogens is 382 g/mol. The van der Waals surface area contributed by atoms with E-state index in [-0.39, 0.29) is 12.6 Å². The highest BCUT2D eigenvalue weighted by molar-refractivity contribution is 6.31. The highest BCUT2D eigenvalue weighted by Gasteiger charge is 2.36. The Bertz CT molecular complexity index is 879. The maximum absolute atomic E-state index is 12.6. The molecule has 2 atom stereocenters. The monoisotopic (exact) mass is 404 g/mol. The van der Waals surface area contributed by atoms with E-state index in [0.29, 0.717) is 28.6 Å². The minimum Gasteiger partial charge on any atom is -0.467 e. The number of nitrogens with two attached hydrogens (primary N) is 1. The van der Waals surface area contributed by atoms with E-state index >= 15 is 0 Å². The van der Waals surface area contributed by atoms with Crippen molar-refractivity contribution >= 4 is 23.6 Å². The number of carbonyl (C=O) groups is 2. The van der Waals surface area contributed by atoms with Crippen molar-refractivity contribution in [1.29, 1.82) is 0 Å². The summed E-state index contributed by atoms with van der Waals surface area (Å²) < 4.78 is 10.6. The van der Waals surface area contributed by atoms with Crippen molar-refractivity contribution in [3.63, 3.8) is 0 Å². The third kappa shape index (κ3) is 4.37. The number of urea groups is 1. The van der Waals surface area contributed by atoms with Gasteiger partial charge in [-0.2, -0.15) is 0 Å². The largest absolute Gasteiger partial charge is 0.467 e. The van der Waals surface area contributed by atoms with Gasteiger partial charge in [0.25, 0.3) is 0 Å². The van der Waals surface area contributed by atoms with E-state index in [1.54, 1.807) is 19.1 Å². The van der Waals surface area contributed by atoms with Gasteiger partial charge in [0.15, 0.2) is 0 Å². The molecule has 2 aromatic rings. The summed E-state index contributed by atoms with van der Waals surface area (Å²) in [5.74, 6) is -0.0280. The molecule has 0 unspecified atom stereocenters. The molecule has 0 aliphatic carbocycles. The summed E-state index contributed by atoms with van der Waals surface area (Å²) in [6.07, 6.45) is 1.50. The normalized spacial score (nSPS) is 17.7. The van der Waals surface area contributed by atoms with Crippen molar-refractivity contribution in [2.24, 2.45) is 0 Å². The number of amides is 2. The van der Waals surface area contributed by atoms with E-state index in [2.05, 4.69) is 10.6 Å². The molecule has 3 rings (SSSR count). The fourth-order valence-corrected chi connectivity index (χ4v) is 3.47. The number of carbonyl (C=O) groups excluding carboxylic acids is 2. The minimum atomic E-state index is -0.707. The molecule has 1 aliphatic heterocycles. The Labute approximate surface area is 168 Å². The van der Waals surface area contributed by atoms with Gasteiger partial charge in [-0.05, 0) is 32.0 Å². The topological polar surface area (TPSA) is 97.2 Å². The van der Waals surface area contributed by atoms with Crippen LogP contribution >= 0.6 is 11.6 Å². The highest BCUT2D eigenvalue weighted by Crippen LogP contribution is 2.28. The molecule has 1 aliphatic rings. The molecule has 148 valence electrons. The maximum Gasteiger partial charge on any atom is 0.338 e. The van der Waals surface area contributed by atoms with Gasteiger partial charge < -0.3 is 25.1 Å². The van der Waals surface area contributed by atoms with Crippen molar-refractivity contribution in [2.45, 2.75) is 25.9 Å². The second-order valence-corrected chi connectivity index (χ2v) is 6.82. The molecule has 0 fully saturated rings. The van der Waals surface area contributed by atoms with Gasteiger partial charge in [-0.15, -0.1) is 0 Å². The minimum absolute atomic E-state index is 0.0264. The van der Waals surface area contributed by atoms with Crippen LogP contribution < -0.4 is 16.0 Å². The van der Waals surface area contributed by atoms with Crippen LogP contribution in [-0.2, 0) is 9.53 Å². The van der Waals surface area contributed by atoms with Crippen molar-refractivity contribution in [3.8, 4) is 0 Å². The summed E-state index contributed by atoms with van der Waals surface area (Å²) in [4.78, 5) is 24.8. The molecule has 28 heavy (non-hydrogen) atoms. The number of benzene rings is 1. The average molecular weight is 405 g/mol. The van der Waals surface area contributed by atoms with Gasteiger partial charge in [0, 0.05) is 10.6 Å². The lowest BCUT2D eigenvalue weighted by molar-refractivity contribution is -0.686. The number of rotatable bonds is 7. The summed E-state index contributed by atoms with van der Waals surface area (Å²) in [5.41, 5.74) is 1.80. The maximum atomic E-state index is 12.6. The molecular formula is C20H23ClN3O4+. The highest BCUT2D eigenvalue weighted by atomic mass is 35.5. The van der Waals surface area contributed by atoms with Crippen molar-refractivity contribution in [1.82, 2.24) is 10.6 Å². The lowest BCUT2D eigenvalue weighted by Crippen LogP contribution is -2.86. The third-order valence-corrected chi connectivity index (χ3v) is 4.89. The number of ether oxygens (including phenoxy) is 1. The second kappa shape index (κ2) is 8.95. The van der Waals surface area contributed by atoms with Crippen LogP contribution in [0.15, 0.2) is 58.3 Å². The zero-order valence-corrected chi connectivity index (χ0v) is 16.5. The van der Waals surface area contributed by atoms with Gasteiger partial charge in [0.1, 0.15) is 24.4 Å². The van der Waals surface area contributed by atoms with Gasteiger partial charge in [-0.25, -0.2) is 9.59 Å². The van der Waals surface area contributed by atoms with Gasteiger partial charge in [0.2, 0.25) is 0 Å². The van der Waals surface area contributed by atoms with E-state index in [0.717, 1.165) is 5.56 Å². The Morgan fingerprint density at radius 1 is 1.32 bits per heavy atom. The van der Waals surface area contributed by atoms with Gasteiger partial charge in [-0.3, -0.25) is 0 Å². The standard InChI is InChI=1S/C20H22ClN3O4/c1-3-27-19(25)17-15(11-22-12(2)13-7-4-5-8-14(13)21)23-20(26)24-18(17)16-9-6-10-28-16/h4-10,12,18,22H,3,11H2,1-2H3,(H2,23,24,26)/p+1/t12-,18+/m0/s1. The fourth-order valence-electron chi connectivity index (χ4n) is 3.16. The zero-order chi connectivity index (χ0) is 20.1. The summed E-state index contributed by atoms with van der Waals surface area (Å²) in [7, 11) is 0. The molecule has 0 radical (unpaired) electrons. The first-order valence-electron chi connectivity index (χ1n) is 9.10. The smallest absolute Gasteiger partial charge is 0.338 e. The Kier molecular flexibility index (Phi) is 6.38. The Balaban J connectivity index is 1.89. The Morgan fingerprint density at radius 2 is 2.11 bits per heavy atom. The molecule has 7 nitrogen and oxygen atoms in total. The fraction of sp³-hybridized carbons (Fsp3) is 0.300. The number of hydrogen-bond donors (Lipinski definition) is 3. The van der Waals surface area contributed by atoms with Crippen LogP contribution in [0.3, 0.4) is 0 Å². The summed E-state index contributed by atoms with van der Waals surface area (Å²) in [6.45, 7) is 4.35. The van der Waals surface area contributed by atoms with Crippen molar-refractivity contribution in [3.05, 3.63) is 70.3 Å². The Morgan fingerprint density at radius 3 is 2.79 bits per heavy atom. The quantitative estimate of drug-likeness (QED) is 0.617. The molecule has 0 bridgehead atoms. The van der Waals surface area contributed by atoms with Crippen LogP contribution in [0.5, 0.6) is 0 Å². The molecule has 0 saturated heterocycles. The molecule has 0 spiro atoms. The van der Waals surface area contributed by atoms with E-state index in [1.165, 1.54) is 6.26 Å². The first-order valence-corrected chi connectivity index (χ1v) is 9.47. The van der Waals surface area contributed by atoms with Crippen LogP contribution in [0.25, 0.3) is 0 Å². The first kappa shape index (κ1) is 20.0. The summed E-state index contributed by atoms with van der Waals surface area (Å²) in [6, 6.07) is 9.93. The number of hydrogen-bond acceptors (Lipinski definition) is 4. The van der Waals surface area contributed by atoms with Crippen LogP contribution in [0.1, 0.15) is 37.3 Å². The van der Waals surface area contributed by atoms with E-state index in [9.17, 15) is 9.59 Å². The molecule has 0 saturated carbocycles. The number of halogens is 1. The van der Waals surface area contributed by atoms with Crippen LogP contribution in [0.2, 0.25) is 5.02 Å². The molecule has 4 N–H and O–H groups in total. The molecule has 1 aromatic carbocycles. The van der Waals surface area contributed by atoms with Crippen molar-refractivity contribution in [2.75, 3.05) is 13.2 Å². The van der Waals surface area contributed by atoms with Crippen molar-refractivity contribution < 1.29 is 24.1 Å².